The molecular weight excluding hydrogens is 330 g/mol. The lowest BCUT2D eigenvalue weighted by Crippen LogP contribution is -2.42. The highest BCUT2D eigenvalue weighted by Gasteiger charge is 2.23. The van der Waals surface area contributed by atoms with E-state index in [1.807, 2.05) is 6.92 Å². The third-order valence-corrected chi connectivity index (χ3v) is 4.38. The highest BCUT2D eigenvalue weighted by molar-refractivity contribution is 9.10. The maximum atomic E-state index is 5.84. The standard InChI is InChI=1S/C17H26BrNO2/c1-4-7-19-16(12(3)20-5-2)11-14-10-15(18)9-13-6-8-21-17(13)14/h9-10,12,16,19H,4-8,11H2,1-3H3. The van der Waals surface area contributed by atoms with Crippen LogP contribution >= 0.6 is 15.9 Å². The molecule has 118 valence electrons. The molecule has 2 rings (SSSR count). The van der Waals surface area contributed by atoms with Crippen molar-refractivity contribution >= 4 is 15.9 Å². The van der Waals surface area contributed by atoms with Crippen LogP contribution in [0.1, 0.15) is 38.3 Å². The van der Waals surface area contributed by atoms with Gasteiger partial charge in [-0.3, -0.25) is 0 Å². The van der Waals surface area contributed by atoms with E-state index < -0.39 is 0 Å². The SMILES string of the molecule is CCCNC(Cc1cc(Br)cc2c1OCC2)C(C)OCC. The molecule has 1 aliphatic rings. The van der Waals surface area contributed by atoms with Crippen LogP contribution in [-0.4, -0.2) is 31.9 Å². The van der Waals surface area contributed by atoms with Crippen molar-refractivity contribution in [1.82, 2.24) is 5.32 Å². The highest BCUT2D eigenvalue weighted by Crippen LogP contribution is 2.34. The highest BCUT2D eigenvalue weighted by atomic mass is 79.9. The lowest BCUT2D eigenvalue weighted by Gasteiger charge is -2.26. The Morgan fingerprint density at radius 3 is 2.90 bits per heavy atom. The molecule has 4 heteroatoms. The smallest absolute Gasteiger partial charge is 0.125 e. The van der Waals surface area contributed by atoms with Gasteiger partial charge in [0.25, 0.3) is 0 Å². The number of rotatable bonds is 8. The first-order valence-corrected chi connectivity index (χ1v) is 8.74. The van der Waals surface area contributed by atoms with Gasteiger partial charge in [-0.1, -0.05) is 22.9 Å². The first-order chi connectivity index (χ1) is 10.2. The van der Waals surface area contributed by atoms with Gasteiger partial charge in [0.2, 0.25) is 0 Å². The maximum absolute atomic E-state index is 5.84. The van der Waals surface area contributed by atoms with Gasteiger partial charge in [0.15, 0.2) is 0 Å². The predicted molar refractivity (Wildman–Crippen MR) is 90.2 cm³/mol. The third-order valence-electron chi connectivity index (χ3n) is 3.92. The molecule has 1 N–H and O–H groups in total. The summed E-state index contributed by atoms with van der Waals surface area (Å²) >= 11 is 3.62. The van der Waals surface area contributed by atoms with Crippen LogP contribution in [0.25, 0.3) is 0 Å². The molecule has 0 radical (unpaired) electrons. The van der Waals surface area contributed by atoms with E-state index in [0.29, 0.717) is 6.04 Å². The van der Waals surface area contributed by atoms with Crippen molar-refractivity contribution in [3.63, 3.8) is 0 Å². The second-order valence-electron chi connectivity index (χ2n) is 5.58. The minimum Gasteiger partial charge on any atom is -0.493 e. The summed E-state index contributed by atoms with van der Waals surface area (Å²) < 4.78 is 12.8. The second kappa shape index (κ2) is 8.16. The molecule has 2 unspecified atom stereocenters. The van der Waals surface area contributed by atoms with Crippen LogP contribution in [0.15, 0.2) is 16.6 Å². The molecule has 0 spiro atoms. The number of nitrogens with one attached hydrogen (secondary N) is 1. The van der Waals surface area contributed by atoms with Crippen molar-refractivity contribution in [3.8, 4) is 5.75 Å². The average Bonchev–Trinajstić information content (AvgIpc) is 2.91. The van der Waals surface area contributed by atoms with Crippen LogP contribution in [-0.2, 0) is 17.6 Å². The Morgan fingerprint density at radius 2 is 2.19 bits per heavy atom. The van der Waals surface area contributed by atoms with Crippen LogP contribution < -0.4 is 10.1 Å². The van der Waals surface area contributed by atoms with Gasteiger partial charge in [-0.2, -0.15) is 0 Å². The topological polar surface area (TPSA) is 30.5 Å². The Bertz CT molecular complexity index is 464. The summed E-state index contributed by atoms with van der Waals surface area (Å²) in [6, 6.07) is 4.67. The Balaban J connectivity index is 2.16. The third kappa shape index (κ3) is 4.44. The van der Waals surface area contributed by atoms with Crippen LogP contribution in [0.2, 0.25) is 0 Å². The number of hydrogen-bond donors (Lipinski definition) is 1. The molecule has 1 aromatic rings. The molecule has 2 atom stereocenters. The summed E-state index contributed by atoms with van der Waals surface area (Å²) in [4.78, 5) is 0. The number of halogens is 1. The Labute approximate surface area is 136 Å². The number of benzene rings is 1. The summed E-state index contributed by atoms with van der Waals surface area (Å²) in [5.41, 5.74) is 2.59. The fraction of sp³-hybridized carbons (Fsp3) is 0.647. The van der Waals surface area contributed by atoms with E-state index in [-0.39, 0.29) is 6.10 Å². The summed E-state index contributed by atoms with van der Waals surface area (Å²) in [6.45, 7) is 8.95. The van der Waals surface area contributed by atoms with Crippen LogP contribution in [0.4, 0.5) is 0 Å². The van der Waals surface area contributed by atoms with E-state index in [0.717, 1.165) is 49.2 Å². The number of hydrogen-bond acceptors (Lipinski definition) is 3. The zero-order chi connectivity index (χ0) is 15.2. The summed E-state index contributed by atoms with van der Waals surface area (Å²) in [7, 11) is 0. The van der Waals surface area contributed by atoms with Gasteiger partial charge in [-0.05, 0) is 56.5 Å². The molecule has 0 aromatic heterocycles. The van der Waals surface area contributed by atoms with Crippen molar-refractivity contribution < 1.29 is 9.47 Å². The normalized spacial score (nSPS) is 16.4. The minimum atomic E-state index is 0.192. The Hall–Kier alpha value is -0.580. The first kappa shape index (κ1) is 16.8. The zero-order valence-electron chi connectivity index (χ0n) is 13.2. The number of fused-ring (bicyclic) bond motifs is 1. The van der Waals surface area contributed by atoms with Crippen LogP contribution in [0.3, 0.4) is 0 Å². The lowest BCUT2D eigenvalue weighted by molar-refractivity contribution is 0.0475. The largest absolute Gasteiger partial charge is 0.493 e. The summed E-state index contributed by atoms with van der Waals surface area (Å²) in [5.74, 6) is 1.09. The molecule has 1 aromatic carbocycles. The fourth-order valence-electron chi connectivity index (χ4n) is 2.85. The quantitative estimate of drug-likeness (QED) is 0.770. The molecule has 0 bridgehead atoms. The molecule has 0 amide bonds. The first-order valence-electron chi connectivity index (χ1n) is 7.94. The van der Waals surface area contributed by atoms with Crippen LogP contribution in [0.5, 0.6) is 5.75 Å². The lowest BCUT2D eigenvalue weighted by atomic mass is 9.98. The summed E-state index contributed by atoms with van der Waals surface area (Å²) in [6.07, 6.45) is 3.26. The molecule has 3 nitrogen and oxygen atoms in total. The minimum absolute atomic E-state index is 0.192. The maximum Gasteiger partial charge on any atom is 0.125 e. The van der Waals surface area contributed by atoms with Crippen molar-refractivity contribution in [2.45, 2.75) is 52.2 Å². The molecule has 1 heterocycles. The molecule has 0 aliphatic carbocycles. The van der Waals surface area contributed by atoms with E-state index in [1.165, 1.54) is 11.1 Å². The number of ether oxygens (including phenoxy) is 2. The van der Waals surface area contributed by atoms with E-state index >= 15 is 0 Å². The Kier molecular flexibility index (Phi) is 6.52. The van der Waals surface area contributed by atoms with Gasteiger partial charge >= 0.3 is 0 Å². The molecule has 21 heavy (non-hydrogen) atoms. The van der Waals surface area contributed by atoms with Gasteiger partial charge in [0.1, 0.15) is 5.75 Å². The summed E-state index contributed by atoms with van der Waals surface area (Å²) in [5, 5.41) is 3.62. The average molecular weight is 356 g/mol. The van der Waals surface area contributed by atoms with E-state index in [4.69, 9.17) is 9.47 Å². The van der Waals surface area contributed by atoms with Gasteiger partial charge in [0.05, 0.1) is 12.7 Å². The fourth-order valence-corrected chi connectivity index (χ4v) is 3.40. The van der Waals surface area contributed by atoms with Gasteiger partial charge < -0.3 is 14.8 Å². The van der Waals surface area contributed by atoms with E-state index in [2.05, 4.69) is 47.2 Å². The second-order valence-corrected chi connectivity index (χ2v) is 6.49. The van der Waals surface area contributed by atoms with Gasteiger partial charge in [-0.25, -0.2) is 0 Å². The van der Waals surface area contributed by atoms with Crippen molar-refractivity contribution in [1.29, 1.82) is 0 Å². The van der Waals surface area contributed by atoms with Gasteiger partial charge in [0, 0.05) is 23.5 Å². The van der Waals surface area contributed by atoms with Crippen LogP contribution in [0, 0.1) is 0 Å². The van der Waals surface area contributed by atoms with E-state index in [1.54, 1.807) is 0 Å². The Morgan fingerprint density at radius 1 is 1.38 bits per heavy atom. The predicted octanol–water partition coefficient (Wildman–Crippen LogP) is 3.72. The van der Waals surface area contributed by atoms with Crippen molar-refractivity contribution in [2.24, 2.45) is 0 Å². The van der Waals surface area contributed by atoms with Crippen molar-refractivity contribution in [2.75, 3.05) is 19.8 Å². The molecule has 1 aliphatic heterocycles. The molecule has 0 fully saturated rings. The monoisotopic (exact) mass is 355 g/mol. The zero-order valence-corrected chi connectivity index (χ0v) is 14.8. The molecule has 0 saturated carbocycles. The van der Waals surface area contributed by atoms with Gasteiger partial charge in [-0.15, -0.1) is 0 Å². The van der Waals surface area contributed by atoms with E-state index in [9.17, 15) is 0 Å². The van der Waals surface area contributed by atoms with Crippen molar-refractivity contribution in [3.05, 3.63) is 27.7 Å². The molecular formula is C17H26BrNO2. The molecule has 0 saturated heterocycles.